The molecule has 1 amide bonds. The van der Waals surface area contributed by atoms with Crippen molar-refractivity contribution in [1.82, 2.24) is 10.3 Å². The normalized spacial score (nSPS) is 10.2. The molecule has 0 radical (unpaired) electrons. The van der Waals surface area contributed by atoms with Crippen LogP contribution in [0.15, 0.2) is 42.6 Å². The molecule has 2 aromatic rings. The first kappa shape index (κ1) is 16.8. The average Bonchev–Trinajstić information content (AvgIpc) is 2.61. The number of ether oxygens (including phenoxy) is 1. The maximum atomic E-state index is 12.2. The number of nitrogens with zero attached hydrogens (tertiary/aromatic N) is 2. The summed E-state index contributed by atoms with van der Waals surface area (Å²) in [7, 11) is 1.62. The summed E-state index contributed by atoms with van der Waals surface area (Å²) in [5.41, 5.74) is 1.49. The second kappa shape index (κ2) is 8.17. The molecule has 1 aromatic heterocycles. The van der Waals surface area contributed by atoms with E-state index < -0.39 is 0 Å². The van der Waals surface area contributed by atoms with Crippen LogP contribution in [-0.4, -0.2) is 31.1 Å². The number of carbonyl (C=O) groups is 1. The van der Waals surface area contributed by atoms with Crippen LogP contribution in [0.3, 0.4) is 0 Å². The summed E-state index contributed by atoms with van der Waals surface area (Å²) in [6.07, 6.45) is 1.62. The average molecular weight is 313 g/mol. The van der Waals surface area contributed by atoms with Crippen molar-refractivity contribution in [2.24, 2.45) is 0 Å². The summed E-state index contributed by atoms with van der Waals surface area (Å²) in [4.78, 5) is 18.7. The molecular formula is C18H23N3O2. The molecule has 23 heavy (non-hydrogen) atoms. The van der Waals surface area contributed by atoms with Crippen LogP contribution < -0.4 is 15.0 Å². The quantitative estimate of drug-likeness (QED) is 0.854. The fraction of sp³-hybridized carbons (Fsp3) is 0.333. The Labute approximate surface area is 137 Å². The Kier molecular flexibility index (Phi) is 5.97. The van der Waals surface area contributed by atoms with Gasteiger partial charge in [-0.05, 0) is 32.0 Å². The largest absolute Gasteiger partial charge is 0.496 e. The molecule has 122 valence electrons. The van der Waals surface area contributed by atoms with E-state index in [4.69, 9.17) is 4.74 Å². The molecule has 1 N–H and O–H groups in total. The zero-order valence-electron chi connectivity index (χ0n) is 13.9. The summed E-state index contributed by atoms with van der Waals surface area (Å²) in [5, 5.41) is 2.89. The van der Waals surface area contributed by atoms with Gasteiger partial charge in [-0.15, -0.1) is 0 Å². The van der Waals surface area contributed by atoms with E-state index in [1.165, 1.54) is 0 Å². The van der Waals surface area contributed by atoms with E-state index in [2.05, 4.69) is 29.0 Å². The van der Waals surface area contributed by atoms with E-state index >= 15 is 0 Å². The Hall–Kier alpha value is -2.56. The number of carbonyl (C=O) groups excluding carboxylic acids is 1. The van der Waals surface area contributed by atoms with Crippen LogP contribution in [0.2, 0.25) is 0 Å². The second-order valence-corrected chi connectivity index (χ2v) is 5.07. The van der Waals surface area contributed by atoms with Crippen LogP contribution in [0.25, 0.3) is 0 Å². The van der Waals surface area contributed by atoms with Crippen molar-refractivity contribution >= 4 is 11.7 Å². The number of rotatable bonds is 7. The van der Waals surface area contributed by atoms with Crippen LogP contribution in [0, 0.1) is 0 Å². The van der Waals surface area contributed by atoms with Gasteiger partial charge < -0.3 is 15.0 Å². The summed E-state index contributed by atoms with van der Waals surface area (Å²) < 4.78 is 5.28. The van der Waals surface area contributed by atoms with Gasteiger partial charge in [0.1, 0.15) is 11.6 Å². The van der Waals surface area contributed by atoms with Gasteiger partial charge in [-0.2, -0.15) is 0 Å². The van der Waals surface area contributed by atoms with E-state index in [0.29, 0.717) is 12.1 Å². The molecule has 0 fully saturated rings. The van der Waals surface area contributed by atoms with Crippen molar-refractivity contribution in [1.29, 1.82) is 0 Å². The lowest BCUT2D eigenvalue weighted by Gasteiger charge is -2.19. The van der Waals surface area contributed by atoms with E-state index in [1.54, 1.807) is 19.4 Å². The molecule has 2 rings (SSSR count). The Morgan fingerprint density at radius 1 is 1.17 bits per heavy atom. The van der Waals surface area contributed by atoms with Gasteiger partial charge in [-0.1, -0.05) is 18.2 Å². The molecule has 0 aliphatic rings. The SMILES string of the molecule is CCN(CC)c1ccc(C(=O)NCc2ccccc2OC)cn1. The smallest absolute Gasteiger partial charge is 0.253 e. The monoisotopic (exact) mass is 313 g/mol. The molecule has 0 spiro atoms. The summed E-state index contributed by atoms with van der Waals surface area (Å²) in [5.74, 6) is 1.51. The van der Waals surface area contributed by atoms with Crippen molar-refractivity contribution in [3.8, 4) is 5.75 Å². The standard InChI is InChI=1S/C18H23N3O2/c1-4-21(5-2)17-11-10-15(13-19-17)18(22)20-12-14-8-6-7-9-16(14)23-3/h6-11,13H,4-5,12H2,1-3H3,(H,20,22). The van der Waals surface area contributed by atoms with Crippen LogP contribution in [0.4, 0.5) is 5.82 Å². The highest BCUT2D eigenvalue weighted by molar-refractivity contribution is 5.94. The van der Waals surface area contributed by atoms with Crippen molar-refractivity contribution in [3.05, 3.63) is 53.7 Å². The molecule has 0 aliphatic carbocycles. The van der Waals surface area contributed by atoms with Crippen LogP contribution in [-0.2, 0) is 6.54 Å². The minimum Gasteiger partial charge on any atom is -0.496 e. The number of hydrogen-bond acceptors (Lipinski definition) is 4. The molecule has 5 nitrogen and oxygen atoms in total. The topological polar surface area (TPSA) is 54.5 Å². The first-order valence-electron chi connectivity index (χ1n) is 7.80. The number of nitrogens with one attached hydrogen (secondary N) is 1. The summed E-state index contributed by atoms with van der Waals surface area (Å²) in [6, 6.07) is 11.3. The van der Waals surface area contributed by atoms with E-state index in [0.717, 1.165) is 30.2 Å². The molecule has 0 unspecified atom stereocenters. The van der Waals surface area contributed by atoms with Crippen molar-refractivity contribution in [3.63, 3.8) is 0 Å². The second-order valence-electron chi connectivity index (χ2n) is 5.07. The highest BCUT2D eigenvalue weighted by Gasteiger charge is 2.09. The van der Waals surface area contributed by atoms with Crippen molar-refractivity contribution in [2.75, 3.05) is 25.1 Å². The van der Waals surface area contributed by atoms with E-state index in [9.17, 15) is 4.79 Å². The van der Waals surface area contributed by atoms with Gasteiger partial charge >= 0.3 is 0 Å². The molecule has 0 aliphatic heterocycles. The van der Waals surface area contributed by atoms with Gasteiger partial charge in [0.2, 0.25) is 0 Å². The lowest BCUT2D eigenvalue weighted by Crippen LogP contribution is -2.25. The minimum atomic E-state index is -0.144. The molecule has 1 aromatic carbocycles. The van der Waals surface area contributed by atoms with Gasteiger partial charge in [0.05, 0.1) is 12.7 Å². The van der Waals surface area contributed by atoms with Gasteiger partial charge in [-0.25, -0.2) is 4.98 Å². The summed E-state index contributed by atoms with van der Waals surface area (Å²) in [6.45, 7) is 6.37. The molecule has 0 atom stereocenters. The zero-order chi connectivity index (χ0) is 16.7. The third-order valence-electron chi connectivity index (χ3n) is 3.73. The van der Waals surface area contributed by atoms with E-state index in [1.807, 2.05) is 30.3 Å². The Morgan fingerprint density at radius 3 is 2.52 bits per heavy atom. The van der Waals surface area contributed by atoms with Crippen LogP contribution >= 0.6 is 0 Å². The number of amides is 1. The van der Waals surface area contributed by atoms with Gasteiger partial charge in [0, 0.05) is 31.4 Å². The van der Waals surface area contributed by atoms with Crippen molar-refractivity contribution < 1.29 is 9.53 Å². The Bertz CT molecular complexity index is 637. The number of aromatic nitrogens is 1. The fourth-order valence-corrected chi connectivity index (χ4v) is 2.38. The lowest BCUT2D eigenvalue weighted by atomic mass is 10.2. The maximum absolute atomic E-state index is 12.2. The molecule has 0 saturated heterocycles. The van der Waals surface area contributed by atoms with Gasteiger partial charge in [0.25, 0.3) is 5.91 Å². The molecule has 1 heterocycles. The first-order valence-corrected chi connectivity index (χ1v) is 7.80. The first-order chi connectivity index (χ1) is 11.2. The third kappa shape index (κ3) is 4.22. The number of pyridine rings is 1. The van der Waals surface area contributed by atoms with E-state index in [-0.39, 0.29) is 5.91 Å². The number of methoxy groups -OCH3 is 1. The van der Waals surface area contributed by atoms with Gasteiger partial charge in [-0.3, -0.25) is 4.79 Å². The van der Waals surface area contributed by atoms with Crippen LogP contribution in [0.1, 0.15) is 29.8 Å². The highest BCUT2D eigenvalue weighted by Crippen LogP contribution is 2.17. The molecule has 0 saturated carbocycles. The van der Waals surface area contributed by atoms with Crippen molar-refractivity contribution in [2.45, 2.75) is 20.4 Å². The Morgan fingerprint density at radius 2 is 1.91 bits per heavy atom. The highest BCUT2D eigenvalue weighted by atomic mass is 16.5. The predicted octanol–water partition coefficient (Wildman–Crippen LogP) is 2.87. The molecule has 0 bridgehead atoms. The predicted molar refractivity (Wildman–Crippen MR) is 92.0 cm³/mol. The molecule has 5 heteroatoms. The summed E-state index contributed by atoms with van der Waals surface area (Å²) >= 11 is 0. The number of benzene rings is 1. The zero-order valence-corrected chi connectivity index (χ0v) is 13.9. The fourth-order valence-electron chi connectivity index (χ4n) is 2.38. The van der Waals surface area contributed by atoms with Gasteiger partial charge in [0.15, 0.2) is 0 Å². The molecular weight excluding hydrogens is 290 g/mol. The maximum Gasteiger partial charge on any atom is 0.253 e. The third-order valence-corrected chi connectivity index (χ3v) is 3.73. The lowest BCUT2D eigenvalue weighted by molar-refractivity contribution is 0.0950. The number of anilines is 1. The Balaban J connectivity index is 2.01. The minimum absolute atomic E-state index is 0.144. The number of hydrogen-bond donors (Lipinski definition) is 1. The number of para-hydroxylation sites is 1. The van der Waals surface area contributed by atoms with Crippen LogP contribution in [0.5, 0.6) is 5.75 Å².